The third-order valence-corrected chi connectivity index (χ3v) is 4.42. The zero-order chi connectivity index (χ0) is 14.9. The molecule has 1 heterocycles. The van der Waals surface area contributed by atoms with Crippen LogP contribution in [0.25, 0.3) is 0 Å². The standard InChI is InChI=1S/C14H19N3O2S/c1-10-5-6-12(20(4,18)19)9-13(10)16-11(2)14-7-8-15-17(14)3/h5-9,11,16H,1-4H3. The monoisotopic (exact) mass is 293 g/mol. The summed E-state index contributed by atoms with van der Waals surface area (Å²) in [6.45, 7) is 3.97. The maximum atomic E-state index is 11.6. The predicted molar refractivity (Wildman–Crippen MR) is 79.5 cm³/mol. The van der Waals surface area contributed by atoms with E-state index in [1.54, 1.807) is 23.0 Å². The van der Waals surface area contributed by atoms with Crippen molar-refractivity contribution in [1.82, 2.24) is 9.78 Å². The summed E-state index contributed by atoms with van der Waals surface area (Å²) in [5, 5.41) is 7.48. The van der Waals surface area contributed by atoms with Gasteiger partial charge in [-0.3, -0.25) is 4.68 Å². The topological polar surface area (TPSA) is 64.0 Å². The van der Waals surface area contributed by atoms with Gasteiger partial charge in [-0.15, -0.1) is 0 Å². The highest BCUT2D eigenvalue weighted by Gasteiger charge is 2.13. The first kappa shape index (κ1) is 14.6. The minimum atomic E-state index is -3.20. The molecule has 1 unspecified atom stereocenters. The summed E-state index contributed by atoms with van der Waals surface area (Å²) in [5.74, 6) is 0. The van der Waals surface area contributed by atoms with Gasteiger partial charge in [0.2, 0.25) is 0 Å². The zero-order valence-corrected chi connectivity index (χ0v) is 12.9. The Kier molecular flexibility index (Phi) is 3.85. The average Bonchev–Trinajstić information content (AvgIpc) is 2.77. The number of hydrogen-bond acceptors (Lipinski definition) is 4. The fourth-order valence-electron chi connectivity index (χ4n) is 2.10. The molecule has 1 aromatic carbocycles. The lowest BCUT2D eigenvalue weighted by atomic mass is 10.1. The highest BCUT2D eigenvalue weighted by molar-refractivity contribution is 7.90. The molecule has 0 amide bonds. The van der Waals surface area contributed by atoms with Crippen molar-refractivity contribution in [3.63, 3.8) is 0 Å². The van der Waals surface area contributed by atoms with E-state index in [0.29, 0.717) is 4.90 Å². The molecule has 5 nitrogen and oxygen atoms in total. The first-order chi connectivity index (χ1) is 9.29. The second-order valence-electron chi connectivity index (χ2n) is 4.99. The van der Waals surface area contributed by atoms with Gasteiger partial charge in [0.1, 0.15) is 0 Å². The molecule has 0 aliphatic rings. The zero-order valence-electron chi connectivity index (χ0n) is 12.1. The van der Waals surface area contributed by atoms with Gasteiger partial charge in [-0.1, -0.05) is 6.07 Å². The van der Waals surface area contributed by atoms with Crippen LogP contribution in [-0.4, -0.2) is 24.5 Å². The van der Waals surface area contributed by atoms with Gasteiger partial charge in [-0.05, 0) is 37.6 Å². The quantitative estimate of drug-likeness (QED) is 0.939. The number of nitrogens with one attached hydrogen (secondary N) is 1. The largest absolute Gasteiger partial charge is 0.377 e. The maximum Gasteiger partial charge on any atom is 0.175 e. The van der Waals surface area contributed by atoms with Gasteiger partial charge >= 0.3 is 0 Å². The summed E-state index contributed by atoms with van der Waals surface area (Å²) in [6, 6.07) is 7.10. The number of benzene rings is 1. The lowest BCUT2D eigenvalue weighted by molar-refractivity contribution is 0.602. The molecule has 1 atom stereocenters. The molecule has 108 valence electrons. The van der Waals surface area contributed by atoms with Gasteiger partial charge in [0.05, 0.1) is 16.6 Å². The number of hydrogen-bond donors (Lipinski definition) is 1. The molecular formula is C14H19N3O2S. The van der Waals surface area contributed by atoms with Crippen molar-refractivity contribution in [3.8, 4) is 0 Å². The van der Waals surface area contributed by atoms with E-state index in [1.165, 1.54) is 6.26 Å². The van der Waals surface area contributed by atoms with Crippen LogP contribution in [0.1, 0.15) is 24.2 Å². The van der Waals surface area contributed by atoms with Crippen LogP contribution in [0.2, 0.25) is 0 Å². The molecule has 1 N–H and O–H groups in total. The van der Waals surface area contributed by atoms with E-state index < -0.39 is 9.84 Å². The molecule has 0 bridgehead atoms. The normalized spacial score (nSPS) is 13.2. The Labute approximate surface area is 119 Å². The third kappa shape index (κ3) is 3.01. The number of sulfone groups is 1. The first-order valence-electron chi connectivity index (χ1n) is 6.34. The second-order valence-corrected chi connectivity index (χ2v) is 7.01. The van der Waals surface area contributed by atoms with Crippen molar-refractivity contribution in [2.75, 3.05) is 11.6 Å². The van der Waals surface area contributed by atoms with Gasteiger partial charge in [0.25, 0.3) is 0 Å². The Morgan fingerprint density at radius 1 is 1.30 bits per heavy atom. The van der Waals surface area contributed by atoms with Crippen LogP contribution in [0.5, 0.6) is 0 Å². The molecule has 0 aliphatic heterocycles. The number of rotatable bonds is 4. The smallest absolute Gasteiger partial charge is 0.175 e. The molecule has 2 aromatic rings. The third-order valence-electron chi connectivity index (χ3n) is 3.31. The Balaban J connectivity index is 2.32. The molecule has 0 radical (unpaired) electrons. The number of anilines is 1. The first-order valence-corrected chi connectivity index (χ1v) is 8.23. The van der Waals surface area contributed by atoms with Crippen molar-refractivity contribution >= 4 is 15.5 Å². The van der Waals surface area contributed by atoms with Crippen LogP contribution in [0.3, 0.4) is 0 Å². The molecule has 6 heteroatoms. The van der Waals surface area contributed by atoms with E-state index in [-0.39, 0.29) is 6.04 Å². The summed E-state index contributed by atoms with van der Waals surface area (Å²) >= 11 is 0. The van der Waals surface area contributed by atoms with E-state index in [4.69, 9.17) is 0 Å². The molecule has 0 saturated heterocycles. The Morgan fingerprint density at radius 3 is 2.55 bits per heavy atom. The van der Waals surface area contributed by atoms with Gasteiger partial charge < -0.3 is 5.32 Å². The second kappa shape index (κ2) is 5.28. The molecule has 0 fully saturated rings. The Hall–Kier alpha value is -1.82. The van der Waals surface area contributed by atoms with E-state index in [1.807, 2.05) is 33.0 Å². The van der Waals surface area contributed by atoms with Crippen LogP contribution in [0.15, 0.2) is 35.4 Å². The summed E-state index contributed by atoms with van der Waals surface area (Å²) in [7, 11) is -1.32. The number of nitrogens with zero attached hydrogens (tertiary/aromatic N) is 2. The summed E-state index contributed by atoms with van der Waals surface area (Å²) in [6.07, 6.45) is 2.96. The van der Waals surface area contributed by atoms with Crippen LogP contribution in [-0.2, 0) is 16.9 Å². The average molecular weight is 293 g/mol. The molecule has 2 rings (SSSR count). The SMILES string of the molecule is Cc1ccc(S(C)(=O)=O)cc1NC(C)c1ccnn1C. The van der Waals surface area contributed by atoms with Crippen molar-refractivity contribution in [2.45, 2.75) is 24.8 Å². The molecule has 0 spiro atoms. The Bertz CT molecular complexity index is 720. The van der Waals surface area contributed by atoms with Crippen molar-refractivity contribution < 1.29 is 8.42 Å². The Morgan fingerprint density at radius 2 is 2.00 bits per heavy atom. The maximum absolute atomic E-state index is 11.6. The molecule has 20 heavy (non-hydrogen) atoms. The lowest BCUT2D eigenvalue weighted by Gasteiger charge is -2.18. The highest BCUT2D eigenvalue weighted by atomic mass is 32.2. The van der Waals surface area contributed by atoms with Gasteiger partial charge in [-0.2, -0.15) is 5.10 Å². The van der Waals surface area contributed by atoms with Crippen molar-refractivity contribution in [2.24, 2.45) is 7.05 Å². The van der Waals surface area contributed by atoms with Crippen molar-refractivity contribution in [3.05, 3.63) is 41.7 Å². The summed E-state index contributed by atoms with van der Waals surface area (Å²) in [5.41, 5.74) is 2.86. The van der Waals surface area contributed by atoms with E-state index in [0.717, 1.165) is 16.9 Å². The van der Waals surface area contributed by atoms with Crippen LogP contribution < -0.4 is 5.32 Å². The van der Waals surface area contributed by atoms with Gasteiger partial charge in [-0.25, -0.2) is 8.42 Å². The van der Waals surface area contributed by atoms with E-state index in [9.17, 15) is 8.42 Å². The number of aromatic nitrogens is 2. The highest BCUT2D eigenvalue weighted by Crippen LogP contribution is 2.24. The van der Waals surface area contributed by atoms with E-state index in [2.05, 4.69) is 10.4 Å². The fourth-order valence-corrected chi connectivity index (χ4v) is 2.75. The molecule has 0 aliphatic carbocycles. The minimum absolute atomic E-state index is 0.0380. The van der Waals surface area contributed by atoms with Crippen LogP contribution in [0.4, 0.5) is 5.69 Å². The molecule has 1 aromatic heterocycles. The van der Waals surface area contributed by atoms with Crippen molar-refractivity contribution in [1.29, 1.82) is 0 Å². The molecular weight excluding hydrogens is 274 g/mol. The van der Waals surface area contributed by atoms with E-state index >= 15 is 0 Å². The minimum Gasteiger partial charge on any atom is -0.377 e. The van der Waals surface area contributed by atoms with Gasteiger partial charge in [0.15, 0.2) is 9.84 Å². The summed E-state index contributed by atoms with van der Waals surface area (Å²) < 4.78 is 25.0. The van der Waals surface area contributed by atoms with Crippen LogP contribution in [0, 0.1) is 6.92 Å². The van der Waals surface area contributed by atoms with Crippen LogP contribution >= 0.6 is 0 Å². The summed E-state index contributed by atoms with van der Waals surface area (Å²) in [4.78, 5) is 0.322. The predicted octanol–water partition coefficient (Wildman–Crippen LogP) is 2.31. The molecule has 0 saturated carbocycles. The fraction of sp³-hybridized carbons (Fsp3) is 0.357. The lowest BCUT2D eigenvalue weighted by Crippen LogP contribution is -2.12. The number of aryl methyl sites for hydroxylation is 2. The van der Waals surface area contributed by atoms with Gasteiger partial charge in [0, 0.05) is 25.2 Å².